The number of carbonyl (C=O) groups excluding carboxylic acids is 1. The highest BCUT2D eigenvalue weighted by Crippen LogP contribution is 2.33. The molecule has 4 rings (SSSR count). The zero-order valence-corrected chi connectivity index (χ0v) is 16.4. The molecule has 4 saturated heterocycles. The van der Waals surface area contributed by atoms with Crippen LogP contribution in [0.1, 0.15) is 19.3 Å². The highest BCUT2D eigenvalue weighted by molar-refractivity contribution is 6.31. The van der Waals surface area contributed by atoms with Crippen molar-refractivity contribution >= 4 is 17.5 Å². The van der Waals surface area contributed by atoms with Gasteiger partial charge >= 0.3 is 6.18 Å². The number of carbonyl (C=O) groups is 1. The van der Waals surface area contributed by atoms with E-state index in [1.807, 2.05) is 0 Å². The van der Waals surface area contributed by atoms with Gasteiger partial charge in [-0.2, -0.15) is 13.2 Å². The van der Waals surface area contributed by atoms with E-state index in [-0.39, 0.29) is 24.0 Å². The number of likely N-dealkylation sites (tertiary alicyclic amines) is 1. The van der Waals surface area contributed by atoms with E-state index in [1.165, 1.54) is 0 Å². The first-order valence-corrected chi connectivity index (χ1v) is 10.5. The van der Waals surface area contributed by atoms with Gasteiger partial charge in [0, 0.05) is 51.0 Å². The molecule has 1 amide bonds. The van der Waals surface area contributed by atoms with Crippen LogP contribution in [0.25, 0.3) is 0 Å². The maximum absolute atomic E-state index is 13.4. The SMILES string of the molecule is O=C1NNCC(N2CCC3C(C2)NCN3CC2CCCNC2C(F)(F)F)C1Cl. The van der Waals surface area contributed by atoms with Gasteiger partial charge in [0.05, 0.1) is 0 Å². The summed E-state index contributed by atoms with van der Waals surface area (Å²) in [7, 11) is 0. The third kappa shape index (κ3) is 4.13. The molecule has 0 aromatic rings. The van der Waals surface area contributed by atoms with E-state index < -0.39 is 23.5 Å². The quantitative estimate of drug-likeness (QED) is 0.472. The molecule has 0 radical (unpaired) electrons. The lowest BCUT2D eigenvalue weighted by atomic mass is 9.88. The first kappa shape index (κ1) is 20.6. The molecule has 11 heteroatoms. The predicted octanol–water partition coefficient (Wildman–Crippen LogP) is -0.167. The standard InChI is InChI=1S/C17H28ClF3N6O/c18-14-13(6-24-25-16(14)28)26-5-3-12-11(8-26)23-9-27(12)7-10-2-1-4-22-15(10)17(19,20)21/h10-15,22-24H,1-9H2,(H,25,28). The summed E-state index contributed by atoms with van der Waals surface area (Å²) in [4.78, 5) is 16.2. The molecule has 0 bridgehead atoms. The molecule has 0 saturated carbocycles. The van der Waals surface area contributed by atoms with Gasteiger partial charge in [-0.15, -0.1) is 11.6 Å². The van der Waals surface area contributed by atoms with Crippen LogP contribution in [0.15, 0.2) is 0 Å². The van der Waals surface area contributed by atoms with Gasteiger partial charge in [0.15, 0.2) is 0 Å². The summed E-state index contributed by atoms with van der Waals surface area (Å²) in [6.45, 7) is 3.61. The molecule has 7 nitrogen and oxygen atoms in total. The molecular formula is C17H28ClF3N6O. The maximum atomic E-state index is 13.4. The lowest BCUT2D eigenvalue weighted by Crippen LogP contribution is -2.65. The average Bonchev–Trinajstić information content (AvgIpc) is 3.06. The molecule has 4 fully saturated rings. The number of amides is 1. The second-order valence-electron chi connectivity index (χ2n) is 8.31. The Morgan fingerprint density at radius 1 is 1.18 bits per heavy atom. The third-order valence-corrected chi connectivity index (χ3v) is 7.11. The van der Waals surface area contributed by atoms with Crippen LogP contribution in [0, 0.1) is 5.92 Å². The summed E-state index contributed by atoms with van der Waals surface area (Å²) in [5, 5.41) is 5.54. The Hall–Kier alpha value is -0.650. The summed E-state index contributed by atoms with van der Waals surface area (Å²) in [5.41, 5.74) is 5.43. The van der Waals surface area contributed by atoms with E-state index in [0.717, 1.165) is 25.9 Å². The van der Waals surface area contributed by atoms with Crippen LogP contribution in [0.5, 0.6) is 0 Å². The molecular weight excluding hydrogens is 397 g/mol. The molecule has 160 valence electrons. The van der Waals surface area contributed by atoms with Crippen molar-refractivity contribution in [3.63, 3.8) is 0 Å². The van der Waals surface area contributed by atoms with Gasteiger partial charge in [0.25, 0.3) is 5.91 Å². The van der Waals surface area contributed by atoms with E-state index in [4.69, 9.17) is 11.6 Å². The molecule has 0 aromatic heterocycles. The molecule has 0 aromatic carbocycles. The average molecular weight is 425 g/mol. The fourth-order valence-corrected chi connectivity index (χ4v) is 5.50. The van der Waals surface area contributed by atoms with Gasteiger partial charge in [-0.1, -0.05) is 0 Å². The van der Waals surface area contributed by atoms with Crippen LogP contribution < -0.4 is 21.5 Å². The van der Waals surface area contributed by atoms with Crippen molar-refractivity contribution in [1.29, 1.82) is 0 Å². The van der Waals surface area contributed by atoms with Crippen LogP contribution in [-0.4, -0.2) is 90.8 Å². The first-order valence-electron chi connectivity index (χ1n) is 10.0. The van der Waals surface area contributed by atoms with Crippen molar-refractivity contribution in [2.24, 2.45) is 5.92 Å². The number of piperidine rings is 2. The summed E-state index contributed by atoms with van der Waals surface area (Å²) >= 11 is 6.29. The van der Waals surface area contributed by atoms with E-state index in [2.05, 4.69) is 31.3 Å². The lowest BCUT2D eigenvalue weighted by molar-refractivity contribution is -0.174. The monoisotopic (exact) mass is 424 g/mol. The largest absolute Gasteiger partial charge is 0.404 e. The zero-order chi connectivity index (χ0) is 19.9. The Morgan fingerprint density at radius 2 is 2.00 bits per heavy atom. The van der Waals surface area contributed by atoms with Crippen molar-refractivity contribution in [1.82, 2.24) is 31.3 Å². The number of nitrogens with zero attached hydrogens (tertiary/aromatic N) is 2. The number of rotatable bonds is 3. The Bertz CT molecular complexity index is 582. The van der Waals surface area contributed by atoms with Crippen LogP contribution in [0.2, 0.25) is 0 Å². The van der Waals surface area contributed by atoms with Crippen molar-refractivity contribution in [3.05, 3.63) is 0 Å². The second kappa shape index (κ2) is 8.23. The zero-order valence-electron chi connectivity index (χ0n) is 15.6. The minimum Gasteiger partial charge on any atom is -0.306 e. The summed E-state index contributed by atoms with van der Waals surface area (Å²) in [6.07, 6.45) is -1.95. The smallest absolute Gasteiger partial charge is 0.306 e. The van der Waals surface area contributed by atoms with Gasteiger partial charge in [-0.3, -0.25) is 25.3 Å². The normalized spacial score (nSPS) is 40.9. The molecule has 28 heavy (non-hydrogen) atoms. The van der Waals surface area contributed by atoms with Crippen molar-refractivity contribution < 1.29 is 18.0 Å². The van der Waals surface area contributed by atoms with Gasteiger partial charge in [-0.25, -0.2) is 5.43 Å². The fourth-order valence-electron chi connectivity index (χ4n) is 5.20. The Morgan fingerprint density at radius 3 is 2.79 bits per heavy atom. The molecule has 6 atom stereocenters. The van der Waals surface area contributed by atoms with Crippen molar-refractivity contribution in [2.45, 2.75) is 55.0 Å². The van der Waals surface area contributed by atoms with E-state index in [0.29, 0.717) is 32.7 Å². The van der Waals surface area contributed by atoms with Gasteiger partial charge in [-0.05, 0) is 31.7 Å². The molecule has 0 aliphatic carbocycles. The van der Waals surface area contributed by atoms with Crippen molar-refractivity contribution in [3.8, 4) is 0 Å². The highest BCUT2D eigenvalue weighted by atomic mass is 35.5. The van der Waals surface area contributed by atoms with Crippen LogP contribution in [0.4, 0.5) is 13.2 Å². The van der Waals surface area contributed by atoms with Crippen molar-refractivity contribution in [2.75, 3.05) is 39.4 Å². The number of halogens is 4. The molecule has 0 spiro atoms. The summed E-state index contributed by atoms with van der Waals surface area (Å²) < 4.78 is 40.1. The van der Waals surface area contributed by atoms with E-state index in [9.17, 15) is 18.0 Å². The van der Waals surface area contributed by atoms with Gasteiger partial charge < -0.3 is 5.32 Å². The predicted molar refractivity (Wildman–Crippen MR) is 98.6 cm³/mol. The topological polar surface area (TPSA) is 71.7 Å². The number of alkyl halides is 4. The van der Waals surface area contributed by atoms with Crippen LogP contribution in [0.3, 0.4) is 0 Å². The molecule has 4 heterocycles. The van der Waals surface area contributed by atoms with E-state index >= 15 is 0 Å². The third-order valence-electron chi connectivity index (χ3n) is 6.62. The van der Waals surface area contributed by atoms with Gasteiger partial charge in [0.1, 0.15) is 11.4 Å². The minimum absolute atomic E-state index is 0.0793. The van der Waals surface area contributed by atoms with Gasteiger partial charge in [0.2, 0.25) is 0 Å². The second-order valence-corrected chi connectivity index (χ2v) is 8.78. The van der Waals surface area contributed by atoms with E-state index in [1.54, 1.807) is 0 Å². The first-order chi connectivity index (χ1) is 13.3. The summed E-state index contributed by atoms with van der Waals surface area (Å²) in [6, 6.07) is -1.08. The Labute approximate surface area is 167 Å². The van der Waals surface area contributed by atoms with Crippen LogP contribution >= 0.6 is 11.6 Å². The Kier molecular flexibility index (Phi) is 6.06. The number of hydrogen-bond acceptors (Lipinski definition) is 6. The molecule has 6 unspecified atom stereocenters. The lowest BCUT2D eigenvalue weighted by Gasteiger charge is -2.44. The highest BCUT2D eigenvalue weighted by Gasteiger charge is 2.48. The number of fused-ring (bicyclic) bond motifs is 1. The molecule has 4 aliphatic rings. The number of hydrogen-bond donors (Lipinski definition) is 4. The maximum Gasteiger partial charge on any atom is 0.404 e. The fraction of sp³-hybridized carbons (Fsp3) is 0.941. The number of nitrogens with one attached hydrogen (secondary N) is 4. The Balaban J connectivity index is 1.36. The van der Waals surface area contributed by atoms with Crippen LogP contribution in [-0.2, 0) is 4.79 Å². The summed E-state index contributed by atoms with van der Waals surface area (Å²) in [5.74, 6) is -0.630. The molecule has 4 N–H and O–H groups in total. The number of hydrazine groups is 1. The minimum atomic E-state index is -4.20. The molecule has 4 aliphatic heterocycles.